The molecule has 0 saturated carbocycles. The van der Waals surface area contributed by atoms with Gasteiger partial charge in [-0.3, -0.25) is 0 Å². The minimum absolute atomic E-state index is 0.0458. The molecule has 1 rings (SSSR count). The number of aromatic nitrogens is 3. The molecule has 1 unspecified atom stereocenters. The van der Waals surface area contributed by atoms with E-state index in [4.69, 9.17) is 11.6 Å². The van der Waals surface area contributed by atoms with E-state index in [2.05, 4.69) is 25.6 Å². The van der Waals surface area contributed by atoms with Crippen LogP contribution >= 0.6 is 11.6 Å². The third kappa shape index (κ3) is 4.18. The SMILES string of the molecule is CCNc1nc(CC)nc(NCC(C)Cl)n1. The van der Waals surface area contributed by atoms with Crippen molar-refractivity contribution in [2.24, 2.45) is 0 Å². The summed E-state index contributed by atoms with van der Waals surface area (Å²) in [5.74, 6) is 1.96. The Morgan fingerprint density at radius 2 is 1.75 bits per heavy atom. The molecule has 0 saturated heterocycles. The predicted octanol–water partition coefficient (Wildman–Crippen LogP) is 1.90. The van der Waals surface area contributed by atoms with Gasteiger partial charge in [0.1, 0.15) is 5.82 Å². The van der Waals surface area contributed by atoms with E-state index in [1.54, 1.807) is 0 Å². The monoisotopic (exact) mass is 243 g/mol. The van der Waals surface area contributed by atoms with Crippen molar-refractivity contribution in [1.82, 2.24) is 15.0 Å². The molecule has 2 N–H and O–H groups in total. The smallest absolute Gasteiger partial charge is 0.227 e. The van der Waals surface area contributed by atoms with E-state index in [9.17, 15) is 0 Å². The van der Waals surface area contributed by atoms with E-state index in [-0.39, 0.29) is 5.38 Å². The number of nitrogens with zero attached hydrogens (tertiary/aromatic N) is 3. The lowest BCUT2D eigenvalue weighted by atomic mass is 10.4. The molecule has 6 heteroatoms. The fourth-order valence-corrected chi connectivity index (χ4v) is 1.20. The Kier molecular flexibility index (Phi) is 5.25. The van der Waals surface area contributed by atoms with Gasteiger partial charge in [0.15, 0.2) is 0 Å². The highest BCUT2D eigenvalue weighted by molar-refractivity contribution is 6.20. The van der Waals surface area contributed by atoms with Crippen molar-refractivity contribution in [3.8, 4) is 0 Å². The van der Waals surface area contributed by atoms with Gasteiger partial charge in [-0.2, -0.15) is 15.0 Å². The first kappa shape index (κ1) is 13.0. The van der Waals surface area contributed by atoms with Gasteiger partial charge in [-0.25, -0.2) is 0 Å². The molecule has 0 fully saturated rings. The maximum Gasteiger partial charge on any atom is 0.227 e. The fraction of sp³-hybridized carbons (Fsp3) is 0.700. The van der Waals surface area contributed by atoms with Crippen LogP contribution in [0.3, 0.4) is 0 Å². The van der Waals surface area contributed by atoms with E-state index in [0.717, 1.165) is 18.8 Å². The number of rotatable bonds is 6. The largest absolute Gasteiger partial charge is 0.354 e. The van der Waals surface area contributed by atoms with Gasteiger partial charge in [-0.15, -0.1) is 11.6 Å². The van der Waals surface area contributed by atoms with Crippen molar-refractivity contribution >= 4 is 23.5 Å². The second kappa shape index (κ2) is 6.48. The van der Waals surface area contributed by atoms with E-state index in [1.807, 2.05) is 20.8 Å². The average Bonchev–Trinajstić information content (AvgIpc) is 2.26. The average molecular weight is 244 g/mol. The summed E-state index contributed by atoms with van der Waals surface area (Å²) in [6, 6.07) is 0. The Morgan fingerprint density at radius 3 is 2.25 bits per heavy atom. The van der Waals surface area contributed by atoms with Crippen molar-refractivity contribution in [2.45, 2.75) is 32.6 Å². The second-order valence-corrected chi connectivity index (χ2v) is 4.19. The summed E-state index contributed by atoms with van der Waals surface area (Å²) in [4.78, 5) is 12.8. The van der Waals surface area contributed by atoms with Gasteiger partial charge in [0, 0.05) is 24.9 Å². The van der Waals surface area contributed by atoms with Crippen LogP contribution in [-0.2, 0) is 6.42 Å². The van der Waals surface area contributed by atoms with Crippen molar-refractivity contribution in [2.75, 3.05) is 23.7 Å². The van der Waals surface area contributed by atoms with Gasteiger partial charge < -0.3 is 10.6 Å². The molecule has 1 heterocycles. The number of aryl methyl sites for hydroxylation is 1. The highest BCUT2D eigenvalue weighted by atomic mass is 35.5. The Labute approximate surface area is 101 Å². The van der Waals surface area contributed by atoms with Crippen LogP contribution in [0, 0.1) is 0 Å². The number of alkyl halides is 1. The first-order valence-electron chi connectivity index (χ1n) is 5.52. The van der Waals surface area contributed by atoms with Crippen LogP contribution in [0.2, 0.25) is 0 Å². The molecule has 0 amide bonds. The standard InChI is InChI=1S/C10H18ClN5/c1-4-8-14-9(12-5-2)16-10(15-8)13-6-7(3)11/h7H,4-6H2,1-3H3,(H2,12,13,14,15,16). The van der Waals surface area contributed by atoms with E-state index < -0.39 is 0 Å². The lowest BCUT2D eigenvalue weighted by Gasteiger charge is -2.09. The molecule has 0 radical (unpaired) electrons. The minimum Gasteiger partial charge on any atom is -0.354 e. The highest BCUT2D eigenvalue weighted by Gasteiger charge is 2.05. The molecule has 0 spiro atoms. The normalized spacial score (nSPS) is 12.2. The highest BCUT2D eigenvalue weighted by Crippen LogP contribution is 2.06. The van der Waals surface area contributed by atoms with Crippen molar-refractivity contribution < 1.29 is 0 Å². The summed E-state index contributed by atoms with van der Waals surface area (Å²) in [6.45, 7) is 7.36. The van der Waals surface area contributed by atoms with Crippen LogP contribution in [0.25, 0.3) is 0 Å². The van der Waals surface area contributed by atoms with Crippen LogP contribution in [0.4, 0.5) is 11.9 Å². The first-order valence-corrected chi connectivity index (χ1v) is 5.96. The molecule has 1 aromatic heterocycles. The van der Waals surface area contributed by atoms with Crippen LogP contribution < -0.4 is 10.6 Å². The fourth-order valence-electron chi connectivity index (χ4n) is 1.13. The Hall–Kier alpha value is -1.10. The molecule has 16 heavy (non-hydrogen) atoms. The molecule has 5 nitrogen and oxygen atoms in total. The van der Waals surface area contributed by atoms with Gasteiger partial charge in [0.05, 0.1) is 0 Å². The topological polar surface area (TPSA) is 62.7 Å². The van der Waals surface area contributed by atoms with Crippen LogP contribution in [0.1, 0.15) is 26.6 Å². The molecule has 90 valence electrons. The predicted molar refractivity (Wildman–Crippen MR) is 67.2 cm³/mol. The molecule has 0 aliphatic heterocycles. The summed E-state index contributed by atoms with van der Waals surface area (Å²) < 4.78 is 0. The third-order valence-electron chi connectivity index (χ3n) is 1.87. The van der Waals surface area contributed by atoms with Gasteiger partial charge >= 0.3 is 0 Å². The molecule has 0 aromatic carbocycles. The second-order valence-electron chi connectivity index (χ2n) is 3.44. The van der Waals surface area contributed by atoms with Gasteiger partial charge in [-0.05, 0) is 13.8 Å². The van der Waals surface area contributed by atoms with Crippen molar-refractivity contribution in [3.05, 3.63) is 5.82 Å². The molecular formula is C10H18ClN5. The van der Waals surface area contributed by atoms with Crippen LogP contribution in [0.5, 0.6) is 0 Å². The minimum atomic E-state index is 0.0458. The zero-order chi connectivity index (χ0) is 12.0. The molecule has 0 aliphatic rings. The molecule has 1 aromatic rings. The Balaban J connectivity index is 2.77. The summed E-state index contributed by atoms with van der Waals surface area (Å²) in [6.07, 6.45) is 0.784. The number of anilines is 2. The maximum absolute atomic E-state index is 5.85. The number of hydrogen-bond acceptors (Lipinski definition) is 5. The summed E-state index contributed by atoms with van der Waals surface area (Å²) in [5.41, 5.74) is 0. The molecule has 1 atom stereocenters. The van der Waals surface area contributed by atoms with E-state index >= 15 is 0 Å². The third-order valence-corrected chi connectivity index (χ3v) is 2.03. The van der Waals surface area contributed by atoms with Gasteiger partial charge in [0.2, 0.25) is 11.9 Å². The van der Waals surface area contributed by atoms with Crippen LogP contribution in [0.15, 0.2) is 0 Å². The number of nitrogens with one attached hydrogen (secondary N) is 2. The zero-order valence-corrected chi connectivity index (χ0v) is 10.7. The molecule has 0 bridgehead atoms. The lowest BCUT2D eigenvalue weighted by molar-refractivity contribution is 0.878. The Morgan fingerprint density at radius 1 is 1.12 bits per heavy atom. The van der Waals surface area contributed by atoms with Crippen molar-refractivity contribution in [3.63, 3.8) is 0 Å². The number of hydrogen-bond donors (Lipinski definition) is 2. The maximum atomic E-state index is 5.85. The van der Waals surface area contributed by atoms with Gasteiger partial charge in [0.25, 0.3) is 0 Å². The molecule has 0 aliphatic carbocycles. The number of halogens is 1. The summed E-state index contributed by atoms with van der Waals surface area (Å²) in [5, 5.41) is 6.20. The quantitative estimate of drug-likeness (QED) is 0.748. The molecular weight excluding hydrogens is 226 g/mol. The Bertz CT molecular complexity index is 329. The van der Waals surface area contributed by atoms with Crippen LogP contribution in [-0.4, -0.2) is 33.4 Å². The summed E-state index contributed by atoms with van der Waals surface area (Å²) >= 11 is 5.85. The lowest BCUT2D eigenvalue weighted by Crippen LogP contribution is -2.15. The van der Waals surface area contributed by atoms with E-state index in [0.29, 0.717) is 18.4 Å². The summed E-state index contributed by atoms with van der Waals surface area (Å²) in [7, 11) is 0. The zero-order valence-electron chi connectivity index (χ0n) is 9.92. The van der Waals surface area contributed by atoms with Crippen molar-refractivity contribution in [1.29, 1.82) is 0 Å². The van der Waals surface area contributed by atoms with E-state index in [1.165, 1.54) is 0 Å². The first-order chi connectivity index (χ1) is 7.65. The van der Waals surface area contributed by atoms with Gasteiger partial charge in [-0.1, -0.05) is 6.92 Å².